The van der Waals surface area contributed by atoms with Gasteiger partial charge in [-0.15, -0.1) is 0 Å². The molecule has 3 nitrogen and oxygen atoms in total. The Labute approximate surface area is 89.3 Å². The van der Waals surface area contributed by atoms with E-state index in [4.69, 9.17) is 0 Å². The number of fused-ring (bicyclic) bond motifs is 1. The van der Waals surface area contributed by atoms with Crippen molar-refractivity contribution in [2.24, 2.45) is 0 Å². The van der Waals surface area contributed by atoms with Crippen molar-refractivity contribution < 1.29 is 10.7 Å². The lowest BCUT2D eigenvalue weighted by molar-refractivity contribution is -0.363. The van der Waals surface area contributed by atoms with Gasteiger partial charge in [0.15, 0.2) is 5.69 Å². The highest BCUT2D eigenvalue weighted by molar-refractivity contribution is 5.89. The number of rotatable bonds is 3. The van der Waals surface area contributed by atoms with E-state index in [0.717, 1.165) is 13.1 Å². The predicted octanol–water partition coefficient (Wildman–Crippen LogP) is 0.616. The van der Waals surface area contributed by atoms with Gasteiger partial charge in [-0.3, -0.25) is 0 Å². The van der Waals surface area contributed by atoms with Crippen molar-refractivity contribution in [3.8, 4) is 0 Å². The molecule has 0 saturated heterocycles. The molecule has 0 aliphatic carbocycles. The van der Waals surface area contributed by atoms with Crippen LogP contribution in [0.3, 0.4) is 0 Å². The van der Waals surface area contributed by atoms with Crippen molar-refractivity contribution in [2.75, 3.05) is 18.4 Å². The summed E-state index contributed by atoms with van der Waals surface area (Å²) in [6.07, 6.45) is 0. The summed E-state index contributed by atoms with van der Waals surface area (Å²) < 4.78 is 0. The second kappa shape index (κ2) is 4.28. The van der Waals surface area contributed by atoms with Gasteiger partial charge in [0.05, 0.1) is 24.2 Å². The molecule has 1 aromatic heterocycles. The fraction of sp³-hybridized carbons (Fsp3) is 0.250. The minimum atomic E-state index is 0.895. The van der Waals surface area contributed by atoms with Gasteiger partial charge in [-0.1, -0.05) is 12.1 Å². The second-order valence-electron chi connectivity index (χ2n) is 3.69. The van der Waals surface area contributed by atoms with E-state index in [1.54, 1.807) is 0 Å². The molecule has 5 N–H and O–H groups in total. The summed E-state index contributed by atoms with van der Waals surface area (Å²) in [6, 6.07) is 10.5. The monoisotopic (exact) mass is 203 g/mol. The first kappa shape index (κ1) is 9.93. The van der Waals surface area contributed by atoms with Gasteiger partial charge in [0.25, 0.3) is 0 Å². The van der Waals surface area contributed by atoms with Gasteiger partial charge in [-0.05, 0) is 6.07 Å². The average Bonchev–Trinajstić information content (AvgIpc) is 2.25. The summed E-state index contributed by atoms with van der Waals surface area (Å²) in [7, 11) is 0. The molecule has 0 amide bonds. The van der Waals surface area contributed by atoms with Gasteiger partial charge in [-0.2, -0.15) is 0 Å². The molecule has 0 bridgehead atoms. The van der Waals surface area contributed by atoms with Crippen LogP contribution in [0.1, 0.15) is 5.69 Å². The molecule has 0 aliphatic heterocycles. The van der Waals surface area contributed by atoms with E-state index >= 15 is 0 Å². The van der Waals surface area contributed by atoms with Crippen LogP contribution in [0.4, 0.5) is 5.69 Å². The quantitative estimate of drug-likeness (QED) is 0.754. The van der Waals surface area contributed by atoms with Crippen molar-refractivity contribution in [1.29, 1.82) is 0 Å². The molecule has 0 fully saturated rings. The molecule has 1 heterocycles. The third-order valence-corrected chi connectivity index (χ3v) is 2.40. The maximum atomic E-state index is 3.83. The smallest absolute Gasteiger partial charge is 0.213 e. The van der Waals surface area contributed by atoms with Crippen LogP contribution < -0.4 is 16.0 Å². The molecule has 0 radical (unpaired) electrons. The fourth-order valence-corrected chi connectivity index (χ4v) is 1.74. The van der Waals surface area contributed by atoms with Crippen LogP contribution in [0.25, 0.3) is 10.9 Å². The van der Waals surface area contributed by atoms with Gasteiger partial charge < -0.3 is 11.1 Å². The number of aromatic nitrogens is 1. The topological polar surface area (TPSA) is 53.8 Å². The fourth-order valence-electron chi connectivity index (χ4n) is 1.74. The lowest BCUT2D eigenvalue weighted by atomic mass is 10.1. The number of hydrogen-bond donors (Lipinski definition) is 2. The number of aromatic amines is 1. The second-order valence-corrected chi connectivity index (χ2v) is 3.69. The molecule has 78 valence electrons. The lowest BCUT2D eigenvalue weighted by Crippen LogP contribution is -2.53. The third-order valence-electron chi connectivity index (χ3n) is 2.40. The van der Waals surface area contributed by atoms with E-state index < -0.39 is 0 Å². The van der Waals surface area contributed by atoms with E-state index in [2.05, 4.69) is 47.2 Å². The van der Waals surface area contributed by atoms with Crippen molar-refractivity contribution in [3.05, 3.63) is 36.0 Å². The zero-order valence-electron chi connectivity index (χ0n) is 9.01. The molecular formula is C12H17N3+2. The first-order valence-corrected chi connectivity index (χ1v) is 5.26. The summed E-state index contributed by atoms with van der Waals surface area (Å²) in [5.74, 6) is 0. The van der Waals surface area contributed by atoms with Crippen molar-refractivity contribution >= 4 is 16.6 Å². The number of nitrogens with one attached hydrogen (secondary N) is 2. The van der Waals surface area contributed by atoms with Gasteiger partial charge >= 0.3 is 0 Å². The molecule has 2 rings (SSSR count). The molecule has 2 aromatic rings. The molecular weight excluding hydrogens is 186 g/mol. The van der Waals surface area contributed by atoms with Crippen LogP contribution in [-0.2, 0) is 0 Å². The first-order valence-electron chi connectivity index (χ1n) is 5.26. The molecule has 15 heavy (non-hydrogen) atoms. The summed E-state index contributed by atoms with van der Waals surface area (Å²) >= 11 is 0. The predicted molar refractivity (Wildman–Crippen MR) is 61.5 cm³/mol. The largest absolute Gasteiger partial charge is 0.379 e. The molecule has 0 spiro atoms. The highest BCUT2D eigenvalue weighted by Gasteiger charge is 2.07. The van der Waals surface area contributed by atoms with Crippen molar-refractivity contribution in [1.82, 2.24) is 0 Å². The van der Waals surface area contributed by atoms with Crippen LogP contribution in [0.15, 0.2) is 30.3 Å². The van der Waals surface area contributed by atoms with Gasteiger partial charge in [-0.25, -0.2) is 4.98 Å². The molecule has 1 aromatic carbocycles. The van der Waals surface area contributed by atoms with E-state index in [1.165, 1.54) is 22.3 Å². The summed E-state index contributed by atoms with van der Waals surface area (Å²) in [6.45, 7) is 3.88. The molecule has 0 aliphatic rings. The van der Waals surface area contributed by atoms with E-state index in [-0.39, 0.29) is 0 Å². The Morgan fingerprint density at radius 3 is 2.93 bits per heavy atom. The van der Waals surface area contributed by atoms with Gasteiger partial charge in [0.1, 0.15) is 0 Å². The van der Waals surface area contributed by atoms with Crippen LogP contribution in [0.2, 0.25) is 0 Å². The Kier molecular flexibility index (Phi) is 2.83. The number of quaternary nitrogens is 1. The molecule has 0 atom stereocenters. The van der Waals surface area contributed by atoms with E-state index in [1.807, 2.05) is 6.07 Å². The minimum absolute atomic E-state index is 0.895. The van der Waals surface area contributed by atoms with Gasteiger partial charge in [0.2, 0.25) is 5.52 Å². The van der Waals surface area contributed by atoms with Crippen LogP contribution in [-0.4, -0.2) is 13.1 Å². The normalized spacial score (nSPS) is 10.5. The standard InChI is InChI=1S/C12H15N3/c1-9-8-12(14-7-6-13)10-4-2-3-5-11(10)15-9/h2-5,8H,6-7,13H2,1H3,(H,14,15)/p+2. The Balaban J connectivity index is 2.50. The SMILES string of the molecule is Cc1cc(NCC[NH3+])c2ccccc2[nH+]1. The summed E-state index contributed by atoms with van der Waals surface area (Å²) in [5, 5.41) is 4.63. The van der Waals surface area contributed by atoms with Crippen LogP contribution in [0, 0.1) is 6.92 Å². The molecule has 0 unspecified atom stereocenters. The number of H-pyrrole nitrogens is 1. The zero-order valence-corrected chi connectivity index (χ0v) is 9.01. The number of pyridine rings is 1. The third kappa shape index (κ3) is 2.07. The zero-order chi connectivity index (χ0) is 10.7. The van der Waals surface area contributed by atoms with E-state index in [9.17, 15) is 0 Å². The maximum Gasteiger partial charge on any atom is 0.213 e. The number of para-hydroxylation sites is 1. The number of anilines is 1. The van der Waals surface area contributed by atoms with Crippen LogP contribution in [0.5, 0.6) is 0 Å². The Morgan fingerprint density at radius 1 is 1.33 bits per heavy atom. The summed E-state index contributed by atoms with van der Waals surface area (Å²) in [4.78, 5) is 3.35. The van der Waals surface area contributed by atoms with Crippen molar-refractivity contribution in [2.45, 2.75) is 6.92 Å². The minimum Gasteiger partial charge on any atom is -0.379 e. The Bertz CT molecular complexity index is 465. The Morgan fingerprint density at radius 2 is 2.13 bits per heavy atom. The van der Waals surface area contributed by atoms with Crippen LogP contribution >= 0.6 is 0 Å². The number of aryl methyl sites for hydroxylation is 1. The maximum absolute atomic E-state index is 3.83. The van der Waals surface area contributed by atoms with Gasteiger partial charge in [0, 0.05) is 19.1 Å². The van der Waals surface area contributed by atoms with Crippen molar-refractivity contribution in [3.63, 3.8) is 0 Å². The Hall–Kier alpha value is -1.61. The first-order chi connectivity index (χ1) is 7.31. The lowest BCUT2D eigenvalue weighted by Gasteiger charge is -2.05. The highest BCUT2D eigenvalue weighted by atomic mass is 14.9. The van der Waals surface area contributed by atoms with E-state index in [0.29, 0.717) is 0 Å². The number of hydrogen-bond acceptors (Lipinski definition) is 1. The molecule has 0 saturated carbocycles. The summed E-state index contributed by atoms with van der Waals surface area (Å²) in [5.41, 5.74) is 7.36. The number of benzene rings is 1. The molecule has 3 heteroatoms. The highest BCUT2D eigenvalue weighted by Crippen LogP contribution is 2.19. The average molecular weight is 203 g/mol.